The number of pyridine rings is 1. The van der Waals surface area contributed by atoms with Crippen molar-refractivity contribution in [3.63, 3.8) is 0 Å². The van der Waals surface area contributed by atoms with Crippen LogP contribution in [0.4, 0.5) is 0 Å². The molecule has 1 aromatic carbocycles. The van der Waals surface area contributed by atoms with Crippen molar-refractivity contribution in [3.05, 3.63) is 88.7 Å². The van der Waals surface area contributed by atoms with Crippen LogP contribution in [0, 0.1) is 0 Å². The van der Waals surface area contributed by atoms with Crippen LogP contribution in [0.5, 0.6) is 0 Å². The Morgan fingerprint density at radius 3 is 2.03 bits per heavy atom. The number of hydrogen-bond donors (Lipinski definition) is 1. The first-order valence-electron chi connectivity index (χ1n) is 9.61. The van der Waals surface area contributed by atoms with Crippen molar-refractivity contribution in [1.82, 2.24) is 4.72 Å². The third-order valence-electron chi connectivity index (χ3n) is 5.05. The van der Waals surface area contributed by atoms with Crippen molar-refractivity contribution in [2.24, 2.45) is 0 Å². The number of hydrogen-bond acceptors (Lipinski definition) is 5. The van der Waals surface area contributed by atoms with Gasteiger partial charge >= 0.3 is 0 Å². The molecule has 0 atom stereocenters. The fraction of sp³-hybridized carbons (Fsp3) is 0.174. The summed E-state index contributed by atoms with van der Waals surface area (Å²) < 4.78 is 29.7. The lowest BCUT2D eigenvalue weighted by atomic mass is 9.87. The van der Waals surface area contributed by atoms with Crippen LogP contribution in [0.25, 0.3) is 5.70 Å². The molecule has 0 radical (unpaired) electrons. The molecular weight excluding hydrogens is 432 g/mol. The highest BCUT2D eigenvalue weighted by molar-refractivity contribution is 7.91. The number of Topliss-reactive ketones (excluding diaryl/α,β-unsaturated/α-hetero) is 2. The maximum absolute atomic E-state index is 13.4. The number of carbonyl (C=O) groups excluding carboxylic acids is 2. The monoisotopic (exact) mass is 453 g/mol. The Labute approximate surface area is 184 Å². The van der Waals surface area contributed by atoms with Crippen molar-refractivity contribution in [3.8, 4) is 0 Å². The Balaban J connectivity index is 1.90. The summed E-state index contributed by atoms with van der Waals surface area (Å²) in [5.74, 6) is -0.967. The van der Waals surface area contributed by atoms with Crippen LogP contribution in [-0.4, -0.2) is 20.0 Å². The number of carbonyl (C=O) groups is 2. The summed E-state index contributed by atoms with van der Waals surface area (Å²) >= 11 is 1.03. The summed E-state index contributed by atoms with van der Waals surface area (Å²) in [6.07, 6.45) is 3.35. The van der Waals surface area contributed by atoms with Crippen LogP contribution in [0.15, 0.2) is 76.2 Å². The molecule has 1 aliphatic carbocycles. The molecule has 1 aliphatic rings. The number of fused-ring (bicyclic) bond motifs is 1. The van der Waals surface area contributed by atoms with E-state index in [0.717, 1.165) is 16.9 Å². The predicted octanol–water partition coefficient (Wildman–Crippen LogP) is 3.56. The van der Waals surface area contributed by atoms with Gasteiger partial charge < -0.3 is 0 Å². The van der Waals surface area contributed by atoms with Crippen molar-refractivity contribution in [1.29, 1.82) is 0 Å². The third kappa shape index (κ3) is 3.84. The van der Waals surface area contributed by atoms with Gasteiger partial charge in [0.15, 0.2) is 18.1 Å². The molecule has 0 bridgehead atoms. The second kappa shape index (κ2) is 7.55. The highest BCUT2D eigenvalue weighted by Gasteiger charge is 2.40. The lowest BCUT2D eigenvalue weighted by Crippen LogP contribution is -2.44. The topological polar surface area (TPSA) is 84.2 Å². The number of sulfonamides is 1. The van der Waals surface area contributed by atoms with Crippen LogP contribution in [0.2, 0.25) is 0 Å². The Kier molecular flexibility index (Phi) is 5.15. The Morgan fingerprint density at radius 1 is 0.871 bits per heavy atom. The maximum Gasteiger partial charge on any atom is 0.287 e. The second-order valence-corrected chi connectivity index (χ2v) is 11.1. The van der Waals surface area contributed by atoms with Gasteiger partial charge in [0, 0.05) is 23.3 Å². The van der Waals surface area contributed by atoms with E-state index in [4.69, 9.17) is 0 Å². The maximum atomic E-state index is 13.4. The van der Waals surface area contributed by atoms with Crippen LogP contribution < -0.4 is 9.29 Å². The molecule has 0 fully saturated rings. The van der Waals surface area contributed by atoms with Crippen molar-refractivity contribution < 1.29 is 22.6 Å². The number of thiophene rings is 1. The predicted molar refractivity (Wildman–Crippen MR) is 118 cm³/mol. The second-order valence-electron chi connectivity index (χ2n) is 8.21. The number of nitrogens with one attached hydrogen (secondary N) is 1. The minimum Gasteiger partial charge on any atom is -0.287 e. The zero-order valence-corrected chi connectivity index (χ0v) is 18.9. The molecule has 3 aromatic rings. The standard InChI is InChI=1S/C23H20N2O4S2/c1-23(2,3)15-10-12-25(13-11-15)20-19(24-31(28,29)18-9-6-14-30-18)21(26)16-7-4-5-8-17(16)22(20)27/h4-14H,1-3H3/p+1. The fourth-order valence-corrected chi connectivity index (χ4v) is 5.44. The van der Waals surface area contributed by atoms with E-state index < -0.39 is 21.6 Å². The molecule has 2 heterocycles. The van der Waals surface area contributed by atoms with Gasteiger partial charge in [0.2, 0.25) is 5.78 Å². The van der Waals surface area contributed by atoms with Gasteiger partial charge in [-0.1, -0.05) is 51.1 Å². The van der Waals surface area contributed by atoms with E-state index in [-0.39, 0.29) is 32.1 Å². The van der Waals surface area contributed by atoms with Crippen LogP contribution in [0.3, 0.4) is 0 Å². The molecule has 8 heteroatoms. The van der Waals surface area contributed by atoms with E-state index in [1.54, 1.807) is 42.0 Å². The van der Waals surface area contributed by atoms with E-state index >= 15 is 0 Å². The third-order valence-corrected chi connectivity index (χ3v) is 7.79. The Morgan fingerprint density at radius 2 is 1.48 bits per heavy atom. The lowest BCUT2D eigenvalue weighted by molar-refractivity contribution is -0.577. The minimum atomic E-state index is -4.02. The summed E-state index contributed by atoms with van der Waals surface area (Å²) in [5, 5.41) is 1.63. The number of allylic oxidation sites excluding steroid dienone is 2. The van der Waals surface area contributed by atoms with Crippen molar-refractivity contribution >= 4 is 38.6 Å². The lowest BCUT2D eigenvalue weighted by Gasteiger charge is -2.20. The van der Waals surface area contributed by atoms with Crippen molar-refractivity contribution in [2.45, 2.75) is 30.4 Å². The molecule has 0 spiro atoms. The zero-order valence-electron chi connectivity index (χ0n) is 17.2. The van der Waals surface area contributed by atoms with Gasteiger partial charge in [-0.3, -0.25) is 14.3 Å². The average Bonchev–Trinajstić information content (AvgIpc) is 3.27. The average molecular weight is 454 g/mol. The summed E-state index contributed by atoms with van der Waals surface area (Å²) in [4.78, 5) is 26.6. The minimum absolute atomic E-state index is 0.0238. The van der Waals surface area contributed by atoms with Crippen LogP contribution in [-0.2, 0) is 15.4 Å². The first-order valence-corrected chi connectivity index (χ1v) is 12.0. The molecule has 0 amide bonds. The first-order chi connectivity index (χ1) is 14.6. The van der Waals surface area contributed by atoms with E-state index in [2.05, 4.69) is 25.5 Å². The Hall–Kier alpha value is -3.10. The number of nitrogens with zero attached hydrogens (tertiary/aromatic N) is 1. The SMILES string of the molecule is CC(C)(C)c1cc[n+](C2=C(NS(=O)(=O)c3cccs3)C(=O)c3ccccc3C2=O)cc1. The summed E-state index contributed by atoms with van der Waals surface area (Å²) in [7, 11) is -4.02. The van der Waals surface area contributed by atoms with Gasteiger partial charge in [-0.2, -0.15) is 4.57 Å². The highest BCUT2D eigenvalue weighted by atomic mass is 32.2. The van der Waals surface area contributed by atoms with Crippen LogP contribution >= 0.6 is 11.3 Å². The molecular formula is C23H21N2O4S2+. The van der Waals surface area contributed by atoms with Gasteiger partial charge in [0.25, 0.3) is 21.5 Å². The molecule has 31 heavy (non-hydrogen) atoms. The summed E-state index contributed by atoms with van der Waals surface area (Å²) in [5.41, 5.74) is 1.08. The number of ketones is 2. The van der Waals surface area contributed by atoms with Gasteiger partial charge in [-0.25, -0.2) is 8.42 Å². The fourth-order valence-electron chi connectivity index (χ4n) is 3.38. The smallest absolute Gasteiger partial charge is 0.287 e. The normalized spacial score (nSPS) is 14.5. The number of aromatic nitrogens is 1. The quantitative estimate of drug-likeness (QED) is 0.612. The molecule has 0 saturated heterocycles. The van der Waals surface area contributed by atoms with E-state index in [1.165, 1.54) is 16.7 Å². The van der Waals surface area contributed by atoms with E-state index in [1.807, 2.05) is 12.1 Å². The molecule has 0 unspecified atom stereocenters. The van der Waals surface area contributed by atoms with E-state index in [0.29, 0.717) is 0 Å². The van der Waals surface area contributed by atoms with Gasteiger partial charge in [0.1, 0.15) is 4.21 Å². The molecule has 1 N–H and O–H groups in total. The van der Waals surface area contributed by atoms with Gasteiger partial charge in [0.05, 0.1) is 0 Å². The Bertz CT molecular complexity index is 1310. The summed E-state index contributed by atoms with van der Waals surface area (Å²) in [6, 6.07) is 13.2. The molecule has 0 aliphatic heterocycles. The van der Waals surface area contributed by atoms with E-state index in [9.17, 15) is 18.0 Å². The molecule has 4 rings (SSSR count). The number of benzene rings is 1. The molecule has 2 aromatic heterocycles. The molecule has 6 nitrogen and oxygen atoms in total. The largest absolute Gasteiger partial charge is 0.287 e. The van der Waals surface area contributed by atoms with Gasteiger partial charge in [-0.15, -0.1) is 11.3 Å². The molecule has 158 valence electrons. The first kappa shape index (κ1) is 21.1. The van der Waals surface area contributed by atoms with Crippen molar-refractivity contribution in [2.75, 3.05) is 0 Å². The van der Waals surface area contributed by atoms with Gasteiger partial charge in [-0.05, 0) is 22.4 Å². The molecule has 0 saturated carbocycles. The summed E-state index contributed by atoms with van der Waals surface area (Å²) in [6.45, 7) is 6.20. The highest BCUT2D eigenvalue weighted by Crippen LogP contribution is 2.28. The van der Waals surface area contributed by atoms with Crippen LogP contribution in [0.1, 0.15) is 47.1 Å². The zero-order chi connectivity index (χ0) is 22.4. The number of rotatable bonds is 4.